The molecule has 0 aliphatic rings. The Morgan fingerprint density at radius 2 is 0.882 bits per heavy atom. The Kier molecular flexibility index (Phi) is 7.04. The van der Waals surface area contributed by atoms with Crippen LogP contribution in [0.1, 0.15) is 0 Å². The molecule has 0 amide bonds. The van der Waals surface area contributed by atoms with E-state index in [1.165, 1.54) is 64.0 Å². The largest absolute Gasteiger partial charge is 0.228 e. The third kappa shape index (κ3) is 5.10. The average molecular weight is 667 g/mol. The van der Waals surface area contributed by atoms with Crippen molar-refractivity contribution in [3.05, 3.63) is 182 Å². The lowest BCUT2D eigenvalue weighted by Gasteiger charge is -2.13. The normalized spacial score (nSPS) is 11.5. The van der Waals surface area contributed by atoms with E-state index in [-0.39, 0.29) is 0 Å². The molecule has 0 saturated carbocycles. The van der Waals surface area contributed by atoms with E-state index < -0.39 is 0 Å². The highest BCUT2D eigenvalue weighted by Gasteiger charge is 2.19. The SMILES string of the molecule is c1ccc(-c2cc(-c3ccccc3)nc(-c3ccc(-c4ccc(-c5cc6ccccc6c6ccccc56)cc4)c4c3sc3ccccc34)n2)cc1. The first-order valence-electron chi connectivity index (χ1n) is 17.2. The number of nitrogens with zero attached hydrogens (tertiary/aromatic N) is 2. The number of rotatable bonds is 5. The number of benzene rings is 8. The van der Waals surface area contributed by atoms with Gasteiger partial charge in [0.05, 0.1) is 11.4 Å². The summed E-state index contributed by atoms with van der Waals surface area (Å²) in [5.41, 5.74) is 9.87. The standard InChI is InChI=1S/C48H30N2S/c1-3-13-33(14-4-1)43-30-44(34-15-5-2-6-16-34)50-48(49-43)41-28-27-37(46-40-21-11-12-22-45(40)51-47(41)46)31-23-25-32(26-24-31)42-29-35-17-7-8-18-36(35)38-19-9-10-20-39(38)42/h1-30H. The van der Waals surface area contributed by atoms with E-state index in [1.807, 2.05) is 23.5 Å². The van der Waals surface area contributed by atoms with Crippen LogP contribution in [0.3, 0.4) is 0 Å². The van der Waals surface area contributed by atoms with E-state index in [9.17, 15) is 0 Å². The van der Waals surface area contributed by atoms with E-state index in [4.69, 9.17) is 9.97 Å². The van der Waals surface area contributed by atoms with Crippen molar-refractivity contribution in [1.29, 1.82) is 0 Å². The van der Waals surface area contributed by atoms with Crippen molar-refractivity contribution >= 4 is 53.1 Å². The quantitative estimate of drug-likeness (QED) is 0.171. The van der Waals surface area contributed by atoms with Crippen LogP contribution in [0, 0.1) is 0 Å². The lowest BCUT2D eigenvalue weighted by Crippen LogP contribution is -1.96. The van der Waals surface area contributed by atoms with Crippen molar-refractivity contribution in [3.63, 3.8) is 0 Å². The molecule has 0 saturated heterocycles. The zero-order chi connectivity index (χ0) is 33.7. The third-order valence-electron chi connectivity index (χ3n) is 9.91. The monoisotopic (exact) mass is 666 g/mol. The topological polar surface area (TPSA) is 25.8 Å². The molecular formula is C48H30N2S. The Morgan fingerprint density at radius 3 is 1.57 bits per heavy atom. The van der Waals surface area contributed by atoms with E-state index in [0.717, 1.165) is 33.9 Å². The fourth-order valence-electron chi connectivity index (χ4n) is 7.45. The minimum atomic E-state index is 0.733. The first kappa shape index (κ1) is 29.5. The maximum absolute atomic E-state index is 5.21. The molecule has 0 N–H and O–H groups in total. The Labute approximate surface area is 300 Å². The van der Waals surface area contributed by atoms with Crippen LogP contribution in [0.2, 0.25) is 0 Å². The van der Waals surface area contributed by atoms with Gasteiger partial charge in [0, 0.05) is 36.9 Å². The molecule has 0 bridgehead atoms. The van der Waals surface area contributed by atoms with Crippen molar-refractivity contribution in [1.82, 2.24) is 9.97 Å². The predicted octanol–water partition coefficient (Wildman–Crippen LogP) is 13.5. The van der Waals surface area contributed by atoms with Crippen LogP contribution in [-0.4, -0.2) is 9.97 Å². The molecule has 2 nitrogen and oxygen atoms in total. The molecule has 0 radical (unpaired) electrons. The summed E-state index contributed by atoms with van der Waals surface area (Å²) >= 11 is 1.82. The van der Waals surface area contributed by atoms with Crippen LogP contribution in [-0.2, 0) is 0 Å². The number of fused-ring (bicyclic) bond motifs is 6. The summed E-state index contributed by atoms with van der Waals surface area (Å²) in [7, 11) is 0. The molecule has 0 aliphatic carbocycles. The molecule has 51 heavy (non-hydrogen) atoms. The maximum atomic E-state index is 5.21. The second-order valence-electron chi connectivity index (χ2n) is 12.9. The summed E-state index contributed by atoms with van der Waals surface area (Å²) in [6, 6.07) is 65.0. The second kappa shape index (κ2) is 12.2. The third-order valence-corrected chi connectivity index (χ3v) is 11.1. The van der Waals surface area contributed by atoms with Gasteiger partial charge >= 0.3 is 0 Å². The molecule has 3 heteroatoms. The number of hydrogen-bond donors (Lipinski definition) is 0. The van der Waals surface area contributed by atoms with Gasteiger partial charge in [0.2, 0.25) is 0 Å². The average Bonchev–Trinajstić information content (AvgIpc) is 3.61. The molecule has 10 rings (SSSR count). The summed E-state index contributed by atoms with van der Waals surface area (Å²) in [5.74, 6) is 0.733. The summed E-state index contributed by atoms with van der Waals surface area (Å²) < 4.78 is 2.45. The highest BCUT2D eigenvalue weighted by Crippen LogP contribution is 2.45. The van der Waals surface area contributed by atoms with Gasteiger partial charge in [-0.2, -0.15) is 0 Å². The van der Waals surface area contributed by atoms with Gasteiger partial charge in [-0.15, -0.1) is 11.3 Å². The Hall–Kier alpha value is -6.42. The van der Waals surface area contributed by atoms with Gasteiger partial charge in [-0.1, -0.05) is 158 Å². The van der Waals surface area contributed by atoms with Gasteiger partial charge in [0.15, 0.2) is 5.82 Å². The van der Waals surface area contributed by atoms with Gasteiger partial charge in [-0.3, -0.25) is 0 Å². The minimum absolute atomic E-state index is 0.733. The summed E-state index contributed by atoms with van der Waals surface area (Å²) in [5, 5.41) is 7.59. The van der Waals surface area contributed by atoms with Gasteiger partial charge in [0.1, 0.15) is 0 Å². The zero-order valence-electron chi connectivity index (χ0n) is 27.6. The summed E-state index contributed by atoms with van der Waals surface area (Å²) in [6.07, 6.45) is 0. The fourth-order valence-corrected chi connectivity index (χ4v) is 8.69. The van der Waals surface area contributed by atoms with E-state index in [1.54, 1.807) is 0 Å². The predicted molar refractivity (Wildman–Crippen MR) is 217 cm³/mol. The van der Waals surface area contributed by atoms with Gasteiger partial charge in [0.25, 0.3) is 0 Å². The van der Waals surface area contributed by atoms with Gasteiger partial charge < -0.3 is 0 Å². The molecule has 0 unspecified atom stereocenters. The highest BCUT2D eigenvalue weighted by atomic mass is 32.1. The molecule has 238 valence electrons. The maximum Gasteiger partial charge on any atom is 0.161 e. The van der Waals surface area contributed by atoms with E-state index >= 15 is 0 Å². The van der Waals surface area contributed by atoms with Crippen LogP contribution >= 0.6 is 11.3 Å². The molecule has 10 aromatic rings. The molecule has 8 aromatic carbocycles. The molecule has 0 fully saturated rings. The Morgan fingerprint density at radius 1 is 0.353 bits per heavy atom. The van der Waals surface area contributed by atoms with Crippen LogP contribution in [0.4, 0.5) is 0 Å². The lowest BCUT2D eigenvalue weighted by molar-refractivity contribution is 1.19. The molecule has 0 aliphatic heterocycles. The first-order valence-corrected chi connectivity index (χ1v) is 18.1. The fraction of sp³-hybridized carbons (Fsp3) is 0. The number of thiophene rings is 1. The van der Waals surface area contributed by atoms with Crippen molar-refractivity contribution in [3.8, 4) is 56.2 Å². The summed E-state index contributed by atoms with van der Waals surface area (Å²) in [4.78, 5) is 10.4. The van der Waals surface area contributed by atoms with Crippen molar-refractivity contribution in [2.45, 2.75) is 0 Å². The lowest BCUT2D eigenvalue weighted by atomic mass is 9.91. The number of hydrogen-bond acceptors (Lipinski definition) is 3. The molecule has 2 aromatic heterocycles. The first-order chi connectivity index (χ1) is 25.3. The zero-order valence-corrected chi connectivity index (χ0v) is 28.4. The van der Waals surface area contributed by atoms with Crippen molar-refractivity contribution in [2.24, 2.45) is 0 Å². The molecular weight excluding hydrogens is 637 g/mol. The van der Waals surface area contributed by atoms with Crippen LogP contribution in [0.15, 0.2) is 182 Å². The highest BCUT2D eigenvalue weighted by molar-refractivity contribution is 7.26. The van der Waals surface area contributed by atoms with Gasteiger partial charge in [-0.05, 0) is 68.1 Å². The molecule has 0 spiro atoms. The number of aromatic nitrogens is 2. The van der Waals surface area contributed by atoms with Crippen LogP contribution < -0.4 is 0 Å². The van der Waals surface area contributed by atoms with Crippen LogP contribution in [0.25, 0.3) is 97.9 Å². The second-order valence-corrected chi connectivity index (χ2v) is 14.0. The van der Waals surface area contributed by atoms with E-state index in [0.29, 0.717) is 0 Å². The van der Waals surface area contributed by atoms with Crippen molar-refractivity contribution in [2.75, 3.05) is 0 Å². The smallest absolute Gasteiger partial charge is 0.161 e. The molecule has 0 atom stereocenters. The Bertz CT molecular complexity index is 2830. The Balaban J connectivity index is 1.15. The van der Waals surface area contributed by atoms with Crippen molar-refractivity contribution < 1.29 is 0 Å². The van der Waals surface area contributed by atoms with E-state index in [2.05, 4.69) is 170 Å². The summed E-state index contributed by atoms with van der Waals surface area (Å²) in [6.45, 7) is 0. The van der Waals surface area contributed by atoms with Crippen LogP contribution in [0.5, 0.6) is 0 Å². The van der Waals surface area contributed by atoms with Gasteiger partial charge in [-0.25, -0.2) is 9.97 Å². The molecule has 2 heterocycles. The minimum Gasteiger partial charge on any atom is -0.228 e.